The van der Waals surface area contributed by atoms with Crippen molar-refractivity contribution in [1.82, 2.24) is 4.57 Å². The van der Waals surface area contributed by atoms with E-state index in [9.17, 15) is 0 Å². The highest BCUT2D eigenvalue weighted by Crippen LogP contribution is 2.16. The first-order valence-electron chi connectivity index (χ1n) is 22.0. The third kappa shape index (κ3) is 23.7. The Morgan fingerprint density at radius 3 is 1.25 bits per heavy atom. The molecule has 48 heavy (non-hydrogen) atoms. The first kappa shape index (κ1) is 42.6. The van der Waals surface area contributed by atoms with Crippen molar-refractivity contribution in [3.63, 3.8) is 0 Å². The lowest BCUT2D eigenvalue weighted by atomic mass is 10.0. The van der Waals surface area contributed by atoms with Crippen molar-refractivity contribution in [2.45, 2.75) is 239 Å². The molecule has 0 aliphatic carbocycles. The Balaban J connectivity index is 1.57. The van der Waals surface area contributed by atoms with Crippen LogP contribution in [0.15, 0.2) is 42.7 Å². The molecule has 0 aliphatic rings. The summed E-state index contributed by atoms with van der Waals surface area (Å²) in [4.78, 5) is 0. The molecule has 0 atom stereocenters. The minimum atomic E-state index is 1.15. The number of nitrogens with zero attached hydrogens (tertiary/aromatic N) is 2. The van der Waals surface area contributed by atoms with Crippen molar-refractivity contribution in [3.05, 3.63) is 54.1 Å². The number of unbranched alkanes of at least 4 members (excludes halogenated alkanes) is 28. The van der Waals surface area contributed by atoms with Gasteiger partial charge in [-0.3, -0.25) is 0 Å². The number of benzene rings is 1. The number of hydrogen-bond acceptors (Lipinski definition) is 0. The van der Waals surface area contributed by atoms with Gasteiger partial charge in [0, 0.05) is 6.42 Å². The second kappa shape index (κ2) is 32.6. The van der Waals surface area contributed by atoms with E-state index in [1.54, 1.807) is 5.82 Å². The van der Waals surface area contributed by atoms with Crippen molar-refractivity contribution in [2.24, 2.45) is 0 Å². The Hall–Kier alpha value is -1.57. The van der Waals surface area contributed by atoms with Crippen LogP contribution in [0.2, 0.25) is 0 Å². The van der Waals surface area contributed by atoms with Gasteiger partial charge in [0.05, 0.1) is 13.1 Å². The van der Waals surface area contributed by atoms with Gasteiger partial charge in [-0.15, -0.1) is 0 Å². The number of imidazole rings is 1. The highest BCUT2D eigenvalue weighted by molar-refractivity contribution is 5.14. The van der Waals surface area contributed by atoms with Gasteiger partial charge in [-0.2, -0.15) is 0 Å². The van der Waals surface area contributed by atoms with Crippen molar-refractivity contribution < 1.29 is 4.57 Å². The first-order valence-corrected chi connectivity index (χ1v) is 22.0. The van der Waals surface area contributed by atoms with Gasteiger partial charge in [0.15, 0.2) is 0 Å². The molecule has 1 heterocycles. The SMILES string of the molecule is CCCCCCCCCCCCCCCCCCn1cc[n+](CCCc2ccccc2)c1CCCCCCCCCCCCCCCC. The maximum Gasteiger partial charge on any atom is 0.256 e. The fourth-order valence-corrected chi connectivity index (χ4v) is 7.60. The predicted molar refractivity (Wildman–Crippen MR) is 213 cm³/mol. The molecule has 2 nitrogen and oxygen atoms in total. The van der Waals surface area contributed by atoms with E-state index in [-0.39, 0.29) is 0 Å². The second-order valence-corrected chi connectivity index (χ2v) is 15.3. The maximum absolute atomic E-state index is 2.62. The zero-order valence-corrected chi connectivity index (χ0v) is 32.7. The van der Waals surface area contributed by atoms with E-state index in [4.69, 9.17) is 0 Å². The highest BCUT2D eigenvalue weighted by Gasteiger charge is 2.16. The number of aromatic nitrogens is 2. The summed E-state index contributed by atoms with van der Waals surface area (Å²) < 4.78 is 5.21. The summed E-state index contributed by atoms with van der Waals surface area (Å²) >= 11 is 0. The summed E-state index contributed by atoms with van der Waals surface area (Å²) in [5.41, 5.74) is 1.47. The zero-order chi connectivity index (χ0) is 34.0. The first-order chi connectivity index (χ1) is 23.8. The summed E-state index contributed by atoms with van der Waals surface area (Å²) in [6.07, 6.45) is 51.5. The molecule has 2 heteroatoms. The third-order valence-electron chi connectivity index (χ3n) is 10.8. The van der Waals surface area contributed by atoms with Crippen LogP contribution in [0.1, 0.15) is 224 Å². The highest BCUT2D eigenvalue weighted by atomic mass is 15.1. The molecule has 276 valence electrons. The van der Waals surface area contributed by atoms with Gasteiger partial charge in [0.25, 0.3) is 5.82 Å². The quantitative estimate of drug-likeness (QED) is 0.0507. The molecule has 2 aromatic rings. The van der Waals surface area contributed by atoms with Crippen LogP contribution in [0.3, 0.4) is 0 Å². The van der Waals surface area contributed by atoms with E-state index in [2.05, 4.69) is 65.7 Å². The zero-order valence-electron chi connectivity index (χ0n) is 32.7. The average Bonchev–Trinajstić information content (AvgIpc) is 3.49. The lowest BCUT2D eigenvalue weighted by molar-refractivity contribution is -0.704. The maximum atomic E-state index is 2.62. The molecular weight excluding hydrogens is 581 g/mol. The molecule has 0 N–H and O–H groups in total. The van der Waals surface area contributed by atoms with Crippen LogP contribution in [0.25, 0.3) is 0 Å². The summed E-state index contributed by atoms with van der Waals surface area (Å²) in [6, 6.07) is 11.0. The van der Waals surface area contributed by atoms with Crippen LogP contribution < -0.4 is 4.57 Å². The summed E-state index contributed by atoms with van der Waals surface area (Å²) in [5.74, 6) is 1.59. The summed E-state index contributed by atoms with van der Waals surface area (Å²) in [7, 11) is 0. The van der Waals surface area contributed by atoms with Gasteiger partial charge in [-0.25, -0.2) is 9.13 Å². The van der Waals surface area contributed by atoms with Crippen LogP contribution in [0.5, 0.6) is 0 Å². The van der Waals surface area contributed by atoms with Crippen LogP contribution in [-0.4, -0.2) is 4.57 Å². The second-order valence-electron chi connectivity index (χ2n) is 15.3. The molecule has 1 aromatic carbocycles. The molecule has 0 amide bonds. The monoisotopic (exact) mass is 664 g/mol. The Labute approximate surface area is 301 Å². The molecule has 0 unspecified atom stereocenters. The molecule has 0 spiro atoms. The van der Waals surface area contributed by atoms with Gasteiger partial charge in [0.2, 0.25) is 0 Å². The summed E-state index contributed by atoms with van der Waals surface area (Å²) in [5, 5.41) is 0. The third-order valence-corrected chi connectivity index (χ3v) is 10.8. The molecule has 0 saturated heterocycles. The van der Waals surface area contributed by atoms with E-state index in [1.165, 1.54) is 224 Å². The number of aryl methyl sites for hydroxylation is 3. The predicted octanol–water partition coefficient (Wildman–Crippen LogP) is 14.7. The van der Waals surface area contributed by atoms with E-state index >= 15 is 0 Å². The van der Waals surface area contributed by atoms with Crippen molar-refractivity contribution >= 4 is 0 Å². The molecule has 0 bridgehead atoms. The van der Waals surface area contributed by atoms with Crippen LogP contribution in [-0.2, 0) is 25.9 Å². The van der Waals surface area contributed by atoms with Gasteiger partial charge in [-0.05, 0) is 37.7 Å². The summed E-state index contributed by atoms with van der Waals surface area (Å²) in [6.45, 7) is 6.97. The molecular formula is C46H83N2+. The van der Waals surface area contributed by atoms with E-state index in [1.807, 2.05) is 0 Å². The minimum Gasteiger partial charge on any atom is -0.234 e. The van der Waals surface area contributed by atoms with Crippen LogP contribution >= 0.6 is 0 Å². The van der Waals surface area contributed by atoms with E-state index < -0.39 is 0 Å². The van der Waals surface area contributed by atoms with Crippen LogP contribution in [0, 0.1) is 0 Å². The van der Waals surface area contributed by atoms with E-state index in [0.717, 1.165) is 6.54 Å². The van der Waals surface area contributed by atoms with Gasteiger partial charge < -0.3 is 0 Å². The van der Waals surface area contributed by atoms with Crippen molar-refractivity contribution in [2.75, 3.05) is 0 Å². The fraction of sp³-hybridized carbons (Fsp3) is 0.804. The lowest BCUT2D eigenvalue weighted by Crippen LogP contribution is -2.37. The van der Waals surface area contributed by atoms with E-state index in [0.29, 0.717) is 0 Å². The lowest BCUT2D eigenvalue weighted by Gasteiger charge is -2.07. The molecule has 0 aliphatic heterocycles. The normalized spacial score (nSPS) is 11.5. The van der Waals surface area contributed by atoms with Crippen LogP contribution in [0.4, 0.5) is 0 Å². The van der Waals surface area contributed by atoms with Gasteiger partial charge >= 0.3 is 0 Å². The van der Waals surface area contributed by atoms with Gasteiger partial charge in [-0.1, -0.05) is 218 Å². The Morgan fingerprint density at radius 2 is 0.812 bits per heavy atom. The Kier molecular flexibility index (Phi) is 29.0. The van der Waals surface area contributed by atoms with Gasteiger partial charge in [0.1, 0.15) is 12.4 Å². The van der Waals surface area contributed by atoms with Crippen molar-refractivity contribution in [1.29, 1.82) is 0 Å². The number of hydrogen-bond donors (Lipinski definition) is 0. The Morgan fingerprint density at radius 1 is 0.417 bits per heavy atom. The minimum absolute atomic E-state index is 1.15. The van der Waals surface area contributed by atoms with Crippen molar-refractivity contribution in [3.8, 4) is 0 Å². The largest absolute Gasteiger partial charge is 0.256 e. The average molecular weight is 664 g/mol. The molecule has 1 aromatic heterocycles. The standard InChI is InChI=1S/C46H83N2/c1-3-5-7-9-11-13-15-17-19-20-22-24-26-28-30-35-41-47-43-44-48(42-36-39-45-37-32-31-33-38-45)46(47)40-34-29-27-25-23-21-18-16-14-12-10-8-6-4-2/h31-33,37-38,43-44H,3-30,34-36,39-42H2,1-2H3/q+1. The fourth-order valence-electron chi connectivity index (χ4n) is 7.60. The topological polar surface area (TPSA) is 8.81 Å². The molecule has 0 radical (unpaired) electrons. The number of rotatable bonds is 36. The molecule has 0 fully saturated rings. The molecule has 0 saturated carbocycles. The molecule has 2 rings (SSSR count). The smallest absolute Gasteiger partial charge is 0.234 e. The Bertz CT molecular complexity index is 915.